The highest BCUT2D eigenvalue weighted by molar-refractivity contribution is 7.92. The third kappa shape index (κ3) is 6.23. The number of anilines is 1. The smallest absolute Gasteiger partial charge is 0.244 e. The molecule has 0 aromatic heterocycles. The molecule has 0 aliphatic carbocycles. The van der Waals surface area contributed by atoms with Crippen LogP contribution in [-0.2, 0) is 26.2 Å². The summed E-state index contributed by atoms with van der Waals surface area (Å²) in [6, 6.07) is 11.5. The summed E-state index contributed by atoms with van der Waals surface area (Å²) in [5.74, 6) is -0.783. The Kier molecular flexibility index (Phi) is 8.69. The van der Waals surface area contributed by atoms with Crippen molar-refractivity contribution in [2.75, 3.05) is 24.2 Å². The molecule has 7 nitrogen and oxygen atoms in total. The van der Waals surface area contributed by atoms with E-state index in [-0.39, 0.29) is 12.5 Å². The fraction of sp³-hybridized carbons (Fsp3) is 0.391. The maximum atomic E-state index is 13.5. The van der Waals surface area contributed by atoms with Crippen molar-refractivity contribution >= 4 is 39.1 Å². The van der Waals surface area contributed by atoms with E-state index in [0.717, 1.165) is 27.3 Å². The first-order chi connectivity index (χ1) is 15.0. The van der Waals surface area contributed by atoms with E-state index >= 15 is 0 Å². The highest BCUT2D eigenvalue weighted by Gasteiger charge is 2.31. The zero-order chi connectivity index (χ0) is 24.1. The van der Waals surface area contributed by atoms with Crippen LogP contribution in [0.2, 0.25) is 5.02 Å². The van der Waals surface area contributed by atoms with Crippen LogP contribution in [0.15, 0.2) is 42.5 Å². The molecule has 0 bridgehead atoms. The van der Waals surface area contributed by atoms with Crippen molar-refractivity contribution in [3.05, 3.63) is 64.2 Å². The molecule has 0 fully saturated rings. The number of halogens is 1. The summed E-state index contributed by atoms with van der Waals surface area (Å²) in [5.41, 5.74) is 2.91. The maximum absolute atomic E-state index is 13.5. The van der Waals surface area contributed by atoms with Crippen LogP contribution in [0.25, 0.3) is 0 Å². The Balaban J connectivity index is 2.46. The molecule has 2 aromatic rings. The van der Waals surface area contributed by atoms with E-state index in [1.165, 1.54) is 11.9 Å². The van der Waals surface area contributed by atoms with Gasteiger partial charge in [-0.3, -0.25) is 13.9 Å². The molecule has 174 valence electrons. The molecule has 2 amide bonds. The Morgan fingerprint density at radius 2 is 1.72 bits per heavy atom. The van der Waals surface area contributed by atoms with Crippen LogP contribution >= 0.6 is 11.6 Å². The number of carbonyl (C=O) groups is 2. The second-order valence-corrected chi connectivity index (χ2v) is 10.0. The number of amides is 2. The van der Waals surface area contributed by atoms with Gasteiger partial charge in [-0.2, -0.15) is 0 Å². The van der Waals surface area contributed by atoms with Crippen LogP contribution in [0.4, 0.5) is 5.69 Å². The van der Waals surface area contributed by atoms with Crippen LogP contribution in [0, 0.1) is 13.8 Å². The number of benzene rings is 2. The van der Waals surface area contributed by atoms with Gasteiger partial charge in [0.1, 0.15) is 12.6 Å². The maximum Gasteiger partial charge on any atom is 0.244 e. The second kappa shape index (κ2) is 10.8. The molecule has 0 radical (unpaired) electrons. The van der Waals surface area contributed by atoms with Crippen molar-refractivity contribution in [2.24, 2.45) is 0 Å². The molecule has 2 aromatic carbocycles. The first-order valence-corrected chi connectivity index (χ1v) is 12.5. The number of nitrogens with zero attached hydrogens (tertiary/aromatic N) is 2. The van der Waals surface area contributed by atoms with E-state index in [2.05, 4.69) is 5.32 Å². The van der Waals surface area contributed by atoms with Crippen LogP contribution < -0.4 is 9.62 Å². The van der Waals surface area contributed by atoms with E-state index in [0.29, 0.717) is 17.1 Å². The number of likely N-dealkylation sites (N-methyl/N-ethyl adjacent to an activating group) is 1. The van der Waals surface area contributed by atoms with Gasteiger partial charge in [0.15, 0.2) is 0 Å². The lowest BCUT2D eigenvalue weighted by Crippen LogP contribution is -2.51. The molecular weight excluding hydrogens is 450 g/mol. The molecule has 0 aliphatic rings. The lowest BCUT2D eigenvalue weighted by atomic mass is 10.1. The van der Waals surface area contributed by atoms with Crippen LogP contribution in [-0.4, -0.2) is 51.0 Å². The molecule has 1 N–H and O–H groups in total. The molecule has 0 aliphatic heterocycles. The quantitative estimate of drug-likeness (QED) is 0.598. The average molecular weight is 480 g/mol. The van der Waals surface area contributed by atoms with Crippen molar-refractivity contribution in [1.82, 2.24) is 10.2 Å². The third-order valence-electron chi connectivity index (χ3n) is 5.42. The van der Waals surface area contributed by atoms with Gasteiger partial charge in [0.2, 0.25) is 21.8 Å². The predicted molar refractivity (Wildman–Crippen MR) is 128 cm³/mol. The summed E-state index contributed by atoms with van der Waals surface area (Å²) in [6.07, 6.45) is 1.45. The van der Waals surface area contributed by atoms with Gasteiger partial charge >= 0.3 is 0 Å². The van der Waals surface area contributed by atoms with E-state index in [1.54, 1.807) is 43.3 Å². The van der Waals surface area contributed by atoms with E-state index < -0.39 is 28.5 Å². The highest BCUT2D eigenvalue weighted by Crippen LogP contribution is 2.25. The zero-order valence-corrected chi connectivity index (χ0v) is 20.6. The first kappa shape index (κ1) is 25.7. The molecule has 9 heteroatoms. The molecular formula is C23H30ClN3O4S. The molecule has 0 saturated heterocycles. The van der Waals surface area contributed by atoms with Crippen LogP contribution in [0.5, 0.6) is 0 Å². The fourth-order valence-electron chi connectivity index (χ4n) is 3.47. The third-order valence-corrected chi connectivity index (χ3v) is 6.80. The van der Waals surface area contributed by atoms with Gasteiger partial charge in [-0.25, -0.2) is 8.42 Å². The summed E-state index contributed by atoms with van der Waals surface area (Å²) < 4.78 is 26.4. The van der Waals surface area contributed by atoms with Gasteiger partial charge in [-0.1, -0.05) is 42.8 Å². The van der Waals surface area contributed by atoms with Crippen molar-refractivity contribution in [2.45, 2.75) is 39.8 Å². The molecule has 0 unspecified atom stereocenters. The lowest BCUT2D eigenvalue weighted by Gasteiger charge is -2.33. The minimum atomic E-state index is -3.75. The standard InChI is InChI=1S/C23H30ClN3O4S/c1-6-20(23(29)25-4)26(14-18-10-12-19(24)13-11-18)22(28)15-27(32(5,30)31)21-9-7-8-16(2)17(21)3/h7-13,20H,6,14-15H2,1-5H3,(H,25,29)/t20-/m1/s1. The number of hydrogen-bond acceptors (Lipinski definition) is 4. The van der Waals surface area contributed by atoms with Crippen molar-refractivity contribution in [3.8, 4) is 0 Å². The summed E-state index contributed by atoms with van der Waals surface area (Å²) in [6.45, 7) is 5.24. The van der Waals surface area contributed by atoms with Gasteiger partial charge in [0.05, 0.1) is 11.9 Å². The minimum absolute atomic E-state index is 0.145. The fourth-order valence-corrected chi connectivity index (χ4v) is 4.50. The second-order valence-electron chi connectivity index (χ2n) is 7.68. The molecule has 0 saturated carbocycles. The van der Waals surface area contributed by atoms with E-state index in [4.69, 9.17) is 11.6 Å². The Morgan fingerprint density at radius 3 is 2.25 bits per heavy atom. The first-order valence-electron chi connectivity index (χ1n) is 10.3. The number of nitrogens with one attached hydrogen (secondary N) is 1. The molecule has 2 rings (SSSR count). The topological polar surface area (TPSA) is 86.8 Å². The normalized spacial score (nSPS) is 12.2. The average Bonchev–Trinajstić information content (AvgIpc) is 2.74. The zero-order valence-electron chi connectivity index (χ0n) is 19.1. The number of sulfonamides is 1. The molecule has 0 spiro atoms. The van der Waals surface area contributed by atoms with E-state index in [1.807, 2.05) is 19.9 Å². The summed E-state index contributed by atoms with van der Waals surface area (Å²) >= 11 is 5.97. The van der Waals surface area contributed by atoms with Gasteiger partial charge in [-0.15, -0.1) is 0 Å². The largest absolute Gasteiger partial charge is 0.357 e. The van der Waals surface area contributed by atoms with Crippen molar-refractivity contribution < 1.29 is 18.0 Å². The molecule has 0 heterocycles. The summed E-state index contributed by atoms with van der Waals surface area (Å²) in [4.78, 5) is 27.4. The predicted octanol–water partition coefficient (Wildman–Crippen LogP) is 3.28. The van der Waals surface area contributed by atoms with Gasteiger partial charge < -0.3 is 10.2 Å². The monoisotopic (exact) mass is 479 g/mol. The van der Waals surface area contributed by atoms with Crippen molar-refractivity contribution in [1.29, 1.82) is 0 Å². The minimum Gasteiger partial charge on any atom is -0.357 e. The SMILES string of the molecule is CC[C@H](C(=O)NC)N(Cc1ccc(Cl)cc1)C(=O)CN(c1cccc(C)c1C)S(C)(=O)=O. The van der Waals surface area contributed by atoms with E-state index in [9.17, 15) is 18.0 Å². The summed E-state index contributed by atoms with van der Waals surface area (Å²) in [7, 11) is -2.25. The van der Waals surface area contributed by atoms with Gasteiger partial charge in [0, 0.05) is 18.6 Å². The number of carbonyl (C=O) groups excluding carboxylic acids is 2. The number of aryl methyl sites for hydroxylation is 1. The van der Waals surface area contributed by atoms with Crippen LogP contribution in [0.1, 0.15) is 30.0 Å². The molecule has 32 heavy (non-hydrogen) atoms. The highest BCUT2D eigenvalue weighted by atomic mass is 35.5. The summed E-state index contributed by atoms with van der Waals surface area (Å²) in [5, 5.41) is 3.15. The van der Waals surface area contributed by atoms with Gasteiger partial charge in [-0.05, 0) is 55.2 Å². The van der Waals surface area contributed by atoms with Crippen LogP contribution in [0.3, 0.4) is 0 Å². The Bertz CT molecular complexity index is 1070. The lowest BCUT2D eigenvalue weighted by molar-refractivity contribution is -0.140. The van der Waals surface area contributed by atoms with Gasteiger partial charge in [0.25, 0.3) is 0 Å². The molecule has 1 atom stereocenters. The van der Waals surface area contributed by atoms with Crippen molar-refractivity contribution in [3.63, 3.8) is 0 Å². The Morgan fingerprint density at radius 1 is 1.09 bits per heavy atom. The Hall–Kier alpha value is -2.58. The number of hydrogen-bond donors (Lipinski definition) is 1. The Labute approximate surface area is 195 Å². The number of rotatable bonds is 9.